The average Bonchev–Trinajstić information content (AvgIpc) is 2.86. The van der Waals surface area contributed by atoms with E-state index in [2.05, 4.69) is 5.32 Å². The summed E-state index contributed by atoms with van der Waals surface area (Å²) in [5.74, 6) is 0.512. The van der Waals surface area contributed by atoms with Crippen molar-refractivity contribution < 1.29 is 13.6 Å². The number of carbonyl (C=O) groups is 1. The maximum Gasteiger partial charge on any atom is 0.222 e. The van der Waals surface area contributed by atoms with E-state index in [1.54, 1.807) is 0 Å². The molecular weight excluding hydrogens is 286 g/mol. The lowest BCUT2D eigenvalue weighted by Gasteiger charge is -2.21. The molecule has 1 aromatic rings. The van der Waals surface area contributed by atoms with Gasteiger partial charge in [-0.1, -0.05) is 0 Å². The van der Waals surface area contributed by atoms with Crippen LogP contribution in [0.1, 0.15) is 24.8 Å². The van der Waals surface area contributed by atoms with Gasteiger partial charge in [0, 0.05) is 19.5 Å². The Morgan fingerprint density at radius 3 is 2.55 bits per heavy atom. The summed E-state index contributed by atoms with van der Waals surface area (Å²) >= 11 is 0. The van der Waals surface area contributed by atoms with E-state index >= 15 is 0 Å². The van der Waals surface area contributed by atoms with Gasteiger partial charge < -0.3 is 10.2 Å². The minimum absolute atomic E-state index is 0.0524. The third kappa shape index (κ3) is 3.46. The van der Waals surface area contributed by atoms with Crippen LogP contribution in [0.25, 0.3) is 0 Å². The quantitative estimate of drug-likeness (QED) is 0.930. The SMILES string of the molecule is O=C(CCc1cc(F)ccc1F)N1CC[C@@H]2CNC[C@@H]2CC1. The van der Waals surface area contributed by atoms with Crippen molar-refractivity contribution in [1.29, 1.82) is 0 Å². The summed E-state index contributed by atoms with van der Waals surface area (Å²) < 4.78 is 26.7. The van der Waals surface area contributed by atoms with E-state index in [0.29, 0.717) is 11.8 Å². The van der Waals surface area contributed by atoms with Gasteiger partial charge in [0.25, 0.3) is 0 Å². The first-order valence-electron chi connectivity index (χ1n) is 8.06. The van der Waals surface area contributed by atoms with Crippen LogP contribution in [-0.4, -0.2) is 37.0 Å². The van der Waals surface area contributed by atoms with Crippen LogP contribution in [0.4, 0.5) is 8.78 Å². The Morgan fingerprint density at radius 1 is 1.18 bits per heavy atom. The standard InChI is InChI=1S/C17H22F2N2O/c18-15-2-3-16(19)12(9-15)1-4-17(22)21-7-5-13-10-20-11-14(13)6-8-21/h2-3,9,13-14,20H,1,4-8,10-11H2/t13-,14+. The molecule has 2 fully saturated rings. The molecule has 5 heteroatoms. The lowest BCUT2D eigenvalue weighted by Crippen LogP contribution is -2.32. The summed E-state index contributed by atoms with van der Waals surface area (Å²) in [6, 6.07) is 3.40. The fourth-order valence-electron chi connectivity index (χ4n) is 3.60. The molecule has 3 nitrogen and oxygen atoms in total. The van der Waals surface area contributed by atoms with Crippen molar-refractivity contribution in [3.63, 3.8) is 0 Å². The fourth-order valence-corrected chi connectivity index (χ4v) is 3.60. The number of nitrogens with one attached hydrogen (secondary N) is 1. The van der Waals surface area contributed by atoms with E-state index in [-0.39, 0.29) is 24.3 Å². The predicted octanol–water partition coefficient (Wildman–Crippen LogP) is 2.36. The number of nitrogens with zero attached hydrogens (tertiary/aromatic N) is 1. The number of carbonyl (C=O) groups excluding carboxylic acids is 1. The molecule has 2 heterocycles. The molecule has 2 aliphatic rings. The smallest absolute Gasteiger partial charge is 0.222 e. The summed E-state index contributed by atoms with van der Waals surface area (Å²) in [5.41, 5.74) is 0.282. The Morgan fingerprint density at radius 2 is 1.86 bits per heavy atom. The fraction of sp³-hybridized carbons (Fsp3) is 0.588. The molecular formula is C17H22F2N2O. The molecule has 0 spiro atoms. The van der Waals surface area contributed by atoms with Gasteiger partial charge in [-0.2, -0.15) is 0 Å². The lowest BCUT2D eigenvalue weighted by atomic mass is 9.92. The van der Waals surface area contributed by atoms with Crippen molar-refractivity contribution in [3.05, 3.63) is 35.4 Å². The number of benzene rings is 1. The monoisotopic (exact) mass is 308 g/mol. The normalized spacial score (nSPS) is 24.9. The highest BCUT2D eigenvalue weighted by Gasteiger charge is 2.31. The topological polar surface area (TPSA) is 32.3 Å². The first kappa shape index (κ1) is 15.4. The highest BCUT2D eigenvalue weighted by molar-refractivity contribution is 5.76. The number of halogens is 2. The van der Waals surface area contributed by atoms with Crippen molar-refractivity contribution in [3.8, 4) is 0 Å². The second-order valence-electron chi connectivity index (χ2n) is 6.37. The van der Waals surface area contributed by atoms with E-state index < -0.39 is 11.6 Å². The molecule has 0 bridgehead atoms. The minimum Gasteiger partial charge on any atom is -0.343 e. The third-order valence-corrected chi connectivity index (χ3v) is 4.99. The van der Waals surface area contributed by atoms with E-state index in [1.165, 1.54) is 6.07 Å². The van der Waals surface area contributed by atoms with Crippen LogP contribution in [0, 0.1) is 23.5 Å². The summed E-state index contributed by atoms with van der Waals surface area (Å²) in [6.07, 6.45) is 2.58. The van der Waals surface area contributed by atoms with Gasteiger partial charge in [0.2, 0.25) is 5.91 Å². The van der Waals surface area contributed by atoms with E-state index in [9.17, 15) is 13.6 Å². The average molecular weight is 308 g/mol. The summed E-state index contributed by atoms with van der Waals surface area (Å²) in [6.45, 7) is 3.68. The van der Waals surface area contributed by atoms with Crippen LogP contribution in [0.5, 0.6) is 0 Å². The van der Waals surface area contributed by atoms with Crippen LogP contribution in [-0.2, 0) is 11.2 Å². The van der Waals surface area contributed by atoms with Gasteiger partial charge in [-0.05, 0) is 68.0 Å². The van der Waals surface area contributed by atoms with E-state index in [1.807, 2.05) is 4.90 Å². The number of hydrogen-bond donors (Lipinski definition) is 1. The van der Waals surface area contributed by atoms with Crippen LogP contribution in [0.2, 0.25) is 0 Å². The van der Waals surface area contributed by atoms with Crippen molar-refractivity contribution >= 4 is 5.91 Å². The Labute approximate surface area is 129 Å². The van der Waals surface area contributed by atoms with Crippen molar-refractivity contribution in [1.82, 2.24) is 10.2 Å². The molecule has 120 valence electrons. The molecule has 1 amide bonds. The maximum atomic E-state index is 13.6. The zero-order valence-corrected chi connectivity index (χ0v) is 12.7. The summed E-state index contributed by atoms with van der Waals surface area (Å²) in [4.78, 5) is 14.2. The summed E-state index contributed by atoms with van der Waals surface area (Å²) in [5, 5.41) is 3.41. The number of aryl methyl sites for hydroxylation is 1. The number of rotatable bonds is 3. The van der Waals surface area contributed by atoms with Crippen molar-refractivity contribution in [2.75, 3.05) is 26.2 Å². The van der Waals surface area contributed by atoms with Gasteiger partial charge >= 0.3 is 0 Å². The molecule has 2 aliphatic heterocycles. The van der Waals surface area contributed by atoms with E-state index in [0.717, 1.165) is 51.2 Å². The van der Waals surface area contributed by atoms with Crippen molar-refractivity contribution in [2.45, 2.75) is 25.7 Å². The number of fused-ring (bicyclic) bond motifs is 1. The zero-order valence-electron chi connectivity index (χ0n) is 12.7. The second kappa shape index (κ2) is 6.73. The molecule has 0 saturated carbocycles. The molecule has 3 rings (SSSR count). The largest absolute Gasteiger partial charge is 0.343 e. The van der Waals surface area contributed by atoms with Crippen LogP contribution >= 0.6 is 0 Å². The van der Waals surface area contributed by atoms with Gasteiger partial charge in [-0.3, -0.25) is 4.79 Å². The van der Waals surface area contributed by atoms with Crippen LogP contribution in [0.15, 0.2) is 18.2 Å². The second-order valence-corrected chi connectivity index (χ2v) is 6.37. The Balaban J connectivity index is 1.54. The highest BCUT2D eigenvalue weighted by Crippen LogP contribution is 2.27. The Bertz CT molecular complexity index is 535. The van der Waals surface area contributed by atoms with E-state index in [4.69, 9.17) is 0 Å². The first-order valence-corrected chi connectivity index (χ1v) is 8.06. The van der Waals surface area contributed by atoms with Gasteiger partial charge in [-0.15, -0.1) is 0 Å². The molecule has 0 radical (unpaired) electrons. The van der Waals surface area contributed by atoms with Crippen molar-refractivity contribution in [2.24, 2.45) is 11.8 Å². The lowest BCUT2D eigenvalue weighted by molar-refractivity contribution is -0.131. The number of hydrogen-bond acceptors (Lipinski definition) is 2. The number of amides is 1. The Kier molecular flexibility index (Phi) is 4.71. The molecule has 0 aliphatic carbocycles. The molecule has 22 heavy (non-hydrogen) atoms. The first-order chi connectivity index (χ1) is 10.6. The van der Waals surface area contributed by atoms with Crippen LogP contribution in [0.3, 0.4) is 0 Å². The van der Waals surface area contributed by atoms with Gasteiger partial charge in [0.15, 0.2) is 0 Å². The molecule has 2 saturated heterocycles. The third-order valence-electron chi connectivity index (χ3n) is 4.99. The molecule has 2 atom stereocenters. The maximum absolute atomic E-state index is 13.6. The highest BCUT2D eigenvalue weighted by atomic mass is 19.1. The van der Waals surface area contributed by atoms with Gasteiger partial charge in [0.1, 0.15) is 11.6 Å². The molecule has 1 aromatic carbocycles. The Hall–Kier alpha value is -1.49. The molecule has 0 unspecified atom stereocenters. The van der Waals surface area contributed by atoms with Gasteiger partial charge in [0.05, 0.1) is 0 Å². The van der Waals surface area contributed by atoms with Gasteiger partial charge in [-0.25, -0.2) is 8.78 Å². The summed E-state index contributed by atoms with van der Waals surface area (Å²) in [7, 11) is 0. The number of likely N-dealkylation sites (tertiary alicyclic amines) is 1. The predicted molar refractivity (Wildman–Crippen MR) is 80.3 cm³/mol. The molecule has 1 N–H and O–H groups in total. The molecule has 0 aromatic heterocycles. The minimum atomic E-state index is -0.459. The van der Waals surface area contributed by atoms with Crippen LogP contribution < -0.4 is 5.32 Å². The zero-order chi connectivity index (χ0) is 15.5.